The van der Waals surface area contributed by atoms with Crippen LogP contribution in [-0.4, -0.2) is 12.4 Å². The molecule has 2 aliphatic rings. The first-order chi connectivity index (χ1) is 18.1. The third-order valence-electron chi connectivity index (χ3n) is 7.65. The van der Waals surface area contributed by atoms with E-state index in [0.717, 1.165) is 59.6 Å². The van der Waals surface area contributed by atoms with Crippen LogP contribution in [0.2, 0.25) is 5.02 Å². The highest BCUT2D eigenvalue weighted by molar-refractivity contribution is 6.30. The first-order valence-electron chi connectivity index (χ1n) is 13.2. The second kappa shape index (κ2) is 10.1. The summed E-state index contributed by atoms with van der Waals surface area (Å²) in [6.45, 7) is 2.89. The normalized spacial score (nSPS) is 18.8. The minimum Gasteiger partial charge on any atom is -0.494 e. The van der Waals surface area contributed by atoms with E-state index in [1.165, 1.54) is 16.3 Å². The van der Waals surface area contributed by atoms with Gasteiger partial charge in [0.25, 0.3) is 0 Å². The zero-order valence-electron chi connectivity index (χ0n) is 21.0. The van der Waals surface area contributed by atoms with Crippen LogP contribution >= 0.6 is 11.6 Å². The Morgan fingerprint density at radius 3 is 2.43 bits per heavy atom. The number of benzene rings is 4. The number of carbonyl (C=O) groups excluding carboxylic acids is 1. The highest BCUT2D eigenvalue weighted by Crippen LogP contribution is 2.51. The van der Waals surface area contributed by atoms with Crippen LogP contribution in [0.5, 0.6) is 5.75 Å². The van der Waals surface area contributed by atoms with Gasteiger partial charge >= 0.3 is 0 Å². The highest BCUT2D eigenvalue weighted by atomic mass is 35.5. The molecule has 1 aliphatic heterocycles. The standard InChI is InChI=1S/C33H30ClNO2/c1-2-3-18-37-26-15-10-21(11-16-26)24-19-28-31-27-7-5-4-6-22(27)12-17-29(31)35-33(32(28)30(36)20-24)23-8-13-25(34)14-9-23/h4-17,24,33,35H,2-3,18-20H2,1H3/t24-,33-/m0/s1. The van der Waals surface area contributed by atoms with Gasteiger partial charge in [-0.3, -0.25) is 4.79 Å². The zero-order chi connectivity index (χ0) is 25.4. The molecule has 2 atom stereocenters. The average molecular weight is 508 g/mol. The molecule has 0 saturated heterocycles. The van der Waals surface area contributed by atoms with Crippen molar-refractivity contribution in [3.8, 4) is 5.75 Å². The van der Waals surface area contributed by atoms with Gasteiger partial charge < -0.3 is 10.1 Å². The van der Waals surface area contributed by atoms with E-state index < -0.39 is 0 Å². The number of ether oxygens (including phenoxy) is 1. The Morgan fingerprint density at radius 2 is 1.65 bits per heavy atom. The third kappa shape index (κ3) is 4.53. The van der Waals surface area contributed by atoms with Crippen LogP contribution in [0, 0.1) is 0 Å². The minimum atomic E-state index is -0.191. The van der Waals surface area contributed by atoms with E-state index >= 15 is 0 Å². The smallest absolute Gasteiger partial charge is 0.162 e. The van der Waals surface area contributed by atoms with Crippen molar-refractivity contribution < 1.29 is 9.53 Å². The monoisotopic (exact) mass is 507 g/mol. The Bertz CT molecular complexity index is 1490. The molecule has 0 saturated carbocycles. The lowest BCUT2D eigenvalue weighted by atomic mass is 9.71. The summed E-state index contributed by atoms with van der Waals surface area (Å²) in [5, 5.41) is 6.76. The fourth-order valence-corrected chi connectivity index (χ4v) is 5.88. The van der Waals surface area contributed by atoms with Crippen LogP contribution in [0.1, 0.15) is 61.3 Å². The van der Waals surface area contributed by atoms with E-state index in [1.54, 1.807) is 0 Å². The number of hydrogen-bond donors (Lipinski definition) is 1. The highest BCUT2D eigenvalue weighted by Gasteiger charge is 2.38. The summed E-state index contributed by atoms with van der Waals surface area (Å²) < 4.78 is 5.87. The van der Waals surface area contributed by atoms with Gasteiger partial charge in [-0.1, -0.05) is 79.5 Å². The number of rotatable bonds is 6. The van der Waals surface area contributed by atoms with Crippen molar-refractivity contribution in [2.45, 2.75) is 44.6 Å². The van der Waals surface area contributed by atoms with Crippen molar-refractivity contribution in [1.82, 2.24) is 0 Å². The van der Waals surface area contributed by atoms with Gasteiger partial charge in [0.15, 0.2) is 5.78 Å². The molecule has 0 aromatic heterocycles. The molecule has 0 radical (unpaired) electrons. The van der Waals surface area contributed by atoms with Gasteiger partial charge in [-0.05, 0) is 76.6 Å². The topological polar surface area (TPSA) is 38.3 Å². The molecule has 0 amide bonds. The van der Waals surface area contributed by atoms with Gasteiger partial charge in [0.2, 0.25) is 0 Å². The molecule has 1 aliphatic carbocycles. The van der Waals surface area contributed by atoms with E-state index in [4.69, 9.17) is 16.3 Å². The number of hydrogen-bond acceptors (Lipinski definition) is 3. The Balaban J connectivity index is 1.43. The number of allylic oxidation sites excluding steroid dienone is 1. The minimum absolute atomic E-state index is 0.131. The molecule has 0 bridgehead atoms. The molecule has 3 nitrogen and oxygen atoms in total. The molecule has 4 aromatic carbocycles. The fourth-order valence-electron chi connectivity index (χ4n) is 5.76. The molecule has 1 N–H and O–H groups in total. The SMILES string of the molecule is CCCCOc1ccc([C@@H]2CC(=O)C3=C(C2)c2c(ccc4ccccc24)N[C@H]3c2ccc(Cl)cc2)cc1. The van der Waals surface area contributed by atoms with E-state index in [0.29, 0.717) is 11.4 Å². The van der Waals surface area contributed by atoms with E-state index in [1.807, 2.05) is 36.4 Å². The maximum absolute atomic E-state index is 13.9. The Morgan fingerprint density at radius 1 is 0.892 bits per heavy atom. The van der Waals surface area contributed by atoms with E-state index in [2.05, 4.69) is 60.8 Å². The third-order valence-corrected chi connectivity index (χ3v) is 7.90. The van der Waals surface area contributed by atoms with E-state index in [9.17, 15) is 4.79 Å². The lowest BCUT2D eigenvalue weighted by Crippen LogP contribution is -2.29. The first kappa shape index (κ1) is 23.8. The predicted octanol–water partition coefficient (Wildman–Crippen LogP) is 8.74. The maximum Gasteiger partial charge on any atom is 0.162 e. The molecule has 4 heteroatoms. The number of ketones is 1. The second-order valence-corrected chi connectivity index (χ2v) is 10.5. The van der Waals surface area contributed by atoms with Crippen LogP contribution in [0.3, 0.4) is 0 Å². The number of carbonyl (C=O) groups is 1. The molecular formula is C33H30ClNO2. The van der Waals surface area contributed by atoms with Gasteiger partial charge in [-0.25, -0.2) is 0 Å². The quantitative estimate of drug-likeness (QED) is 0.265. The van der Waals surface area contributed by atoms with Gasteiger partial charge in [-0.2, -0.15) is 0 Å². The summed E-state index contributed by atoms with van der Waals surface area (Å²) in [4.78, 5) is 13.9. The Kier molecular flexibility index (Phi) is 6.48. The van der Waals surface area contributed by atoms with Crippen LogP contribution in [0.25, 0.3) is 16.3 Å². The molecule has 1 heterocycles. The number of Topliss-reactive ketones (excluding diaryl/α,β-unsaturated/α-hetero) is 1. The number of fused-ring (bicyclic) bond motifs is 4. The van der Waals surface area contributed by atoms with Crippen LogP contribution < -0.4 is 10.1 Å². The summed E-state index contributed by atoms with van der Waals surface area (Å²) in [6, 6.07) is 28.8. The van der Waals surface area contributed by atoms with Crippen LogP contribution in [-0.2, 0) is 4.79 Å². The Hall–Kier alpha value is -3.56. The molecular weight excluding hydrogens is 478 g/mol. The molecule has 0 spiro atoms. The summed E-state index contributed by atoms with van der Waals surface area (Å²) in [5.74, 6) is 1.23. The molecule has 4 aromatic rings. The van der Waals surface area contributed by atoms with Gasteiger partial charge in [0.1, 0.15) is 5.75 Å². The lowest BCUT2D eigenvalue weighted by Gasteiger charge is -2.37. The van der Waals surface area contributed by atoms with Crippen LogP contribution in [0.15, 0.2) is 90.5 Å². The molecule has 0 unspecified atom stereocenters. The maximum atomic E-state index is 13.9. The molecule has 37 heavy (non-hydrogen) atoms. The summed E-state index contributed by atoms with van der Waals surface area (Å²) in [7, 11) is 0. The predicted molar refractivity (Wildman–Crippen MR) is 153 cm³/mol. The summed E-state index contributed by atoms with van der Waals surface area (Å²) in [5.41, 5.74) is 6.53. The van der Waals surface area contributed by atoms with Crippen molar-refractivity contribution >= 4 is 39.4 Å². The molecule has 186 valence electrons. The van der Waals surface area contributed by atoms with Gasteiger partial charge in [0.05, 0.1) is 12.6 Å². The zero-order valence-corrected chi connectivity index (χ0v) is 21.7. The first-order valence-corrected chi connectivity index (χ1v) is 13.5. The van der Waals surface area contributed by atoms with Crippen molar-refractivity contribution in [3.63, 3.8) is 0 Å². The summed E-state index contributed by atoms with van der Waals surface area (Å²) >= 11 is 6.19. The van der Waals surface area contributed by atoms with Crippen LogP contribution in [0.4, 0.5) is 5.69 Å². The molecule has 0 fully saturated rings. The number of halogens is 1. The van der Waals surface area contributed by atoms with Gasteiger partial charge in [0, 0.05) is 28.3 Å². The van der Waals surface area contributed by atoms with Crippen molar-refractivity contribution in [1.29, 1.82) is 0 Å². The van der Waals surface area contributed by atoms with E-state index in [-0.39, 0.29) is 17.7 Å². The van der Waals surface area contributed by atoms with Crippen molar-refractivity contribution in [2.24, 2.45) is 0 Å². The van der Waals surface area contributed by atoms with Gasteiger partial charge in [-0.15, -0.1) is 0 Å². The average Bonchev–Trinajstić information content (AvgIpc) is 2.93. The lowest BCUT2D eigenvalue weighted by molar-refractivity contribution is -0.116. The fraction of sp³-hybridized carbons (Fsp3) is 0.242. The van der Waals surface area contributed by atoms with Crippen molar-refractivity contribution in [2.75, 3.05) is 11.9 Å². The second-order valence-electron chi connectivity index (χ2n) is 10.0. The largest absolute Gasteiger partial charge is 0.494 e. The number of nitrogens with one attached hydrogen (secondary N) is 1. The summed E-state index contributed by atoms with van der Waals surface area (Å²) in [6.07, 6.45) is 3.48. The van der Waals surface area contributed by atoms with Crippen molar-refractivity contribution in [3.05, 3.63) is 112 Å². The number of unbranched alkanes of at least 4 members (excludes halogenated alkanes) is 1. The number of anilines is 1. The molecule has 6 rings (SSSR count). The Labute approximate surface area is 223 Å².